The predicted molar refractivity (Wildman–Crippen MR) is 54.1 cm³/mol. The molecule has 80 valence electrons. The van der Waals surface area contributed by atoms with Crippen LogP contribution in [0, 0.1) is 0 Å². The van der Waals surface area contributed by atoms with Crippen LogP contribution in [0.3, 0.4) is 0 Å². The number of methoxy groups -OCH3 is 1. The van der Waals surface area contributed by atoms with E-state index < -0.39 is 11.8 Å². The van der Waals surface area contributed by atoms with E-state index in [0.29, 0.717) is 11.3 Å². The van der Waals surface area contributed by atoms with E-state index in [1.54, 1.807) is 6.07 Å². The van der Waals surface area contributed by atoms with Gasteiger partial charge in [-0.2, -0.15) is 4.39 Å². The third-order valence-corrected chi connectivity index (χ3v) is 1.78. The number of nitrogens with two attached hydrogens (primary N) is 1. The third kappa shape index (κ3) is 2.70. The van der Waals surface area contributed by atoms with Gasteiger partial charge in [-0.3, -0.25) is 0 Å². The standard InChI is InChI=1S/C10H10FNO3/c1-15-7-3-2-6(9(12)5-7)4-8(11)10(13)14/h2-5H,12H2,1H3,(H,13,14)/b8-4-. The van der Waals surface area contributed by atoms with Crippen LogP contribution in [0.1, 0.15) is 5.56 Å². The average Bonchev–Trinajstić information content (AvgIpc) is 2.20. The molecule has 0 heterocycles. The van der Waals surface area contributed by atoms with E-state index in [2.05, 4.69) is 0 Å². The van der Waals surface area contributed by atoms with E-state index in [0.717, 1.165) is 6.08 Å². The Bertz CT molecular complexity index is 415. The zero-order valence-corrected chi connectivity index (χ0v) is 8.03. The van der Waals surface area contributed by atoms with Crippen LogP contribution in [0.5, 0.6) is 5.75 Å². The molecule has 1 aromatic carbocycles. The lowest BCUT2D eigenvalue weighted by molar-refractivity contribution is -0.134. The number of carboxylic acids is 1. The van der Waals surface area contributed by atoms with Crippen molar-refractivity contribution in [2.75, 3.05) is 12.8 Å². The summed E-state index contributed by atoms with van der Waals surface area (Å²) in [5.74, 6) is -2.35. The minimum absolute atomic E-state index is 0.255. The molecule has 15 heavy (non-hydrogen) atoms. The molecule has 4 nitrogen and oxygen atoms in total. The van der Waals surface area contributed by atoms with Crippen molar-refractivity contribution in [3.05, 3.63) is 29.6 Å². The Labute approximate surface area is 85.8 Å². The van der Waals surface area contributed by atoms with Crippen LogP contribution in [-0.2, 0) is 4.79 Å². The van der Waals surface area contributed by atoms with Crippen LogP contribution in [0.25, 0.3) is 6.08 Å². The number of carbonyl (C=O) groups is 1. The van der Waals surface area contributed by atoms with E-state index in [-0.39, 0.29) is 5.69 Å². The van der Waals surface area contributed by atoms with Crippen molar-refractivity contribution in [2.45, 2.75) is 0 Å². The van der Waals surface area contributed by atoms with Crippen LogP contribution < -0.4 is 10.5 Å². The first-order valence-electron chi connectivity index (χ1n) is 4.08. The average molecular weight is 211 g/mol. The van der Waals surface area contributed by atoms with Gasteiger partial charge in [-0.05, 0) is 18.2 Å². The minimum atomic E-state index is -1.62. The van der Waals surface area contributed by atoms with Crippen molar-refractivity contribution in [3.63, 3.8) is 0 Å². The van der Waals surface area contributed by atoms with Gasteiger partial charge in [-0.25, -0.2) is 4.79 Å². The number of benzene rings is 1. The lowest BCUT2D eigenvalue weighted by Gasteiger charge is -2.03. The van der Waals surface area contributed by atoms with Gasteiger partial charge in [0, 0.05) is 17.3 Å². The fourth-order valence-corrected chi connectivity index (χ4v) is 1.01. The predicted octanol–water partition coefficient (Wildman–Crippen LogP) is 1.67. The Balaban J connectivity index is 3.07. The highest BCUT2D eigenvalue weighted by Crippen LogP contribution is 2.22. The van der Waals surface area contributed by atoms with Crippen molar-refractivity contribution in [2.24, 2.45) is 0 Å². The molecule has 0 spiro atoms. The van der Waals surface area contributed by atoms with Crippen molar-refractivity contribution >= 4 is 17.7 Å². The van der Waals surface area contributed by atoms with Gasteiger partial charge in [0.2, 0.25) is 5.83 Å². The summed E-state index contributed by atoms with van der Waals surface area (Å²) in [6, 6.07) is 4.54. The topological polar surface area (TPSA) is 72.5 Å². The van der Waals surface area contributed by atoms with Gasteiger partial charge in [-0.15, -0.1) is 0 Å². The molecule has 0 aliphatic carbocycles. The van der Waals surface area contributed by atoms with Crippen LogP contribution in [0.4, 0.5) is 10.1 Å². The van der Waals surface area contributed by atoms with Crippen LogP contribution >= 0.6 is 0 Å². The molecule has 0 saturated carbocycles. The lowest BCUT2D eigenvalue weighted by atomic mass is 10.1. The normalized spacial score (nSPS) is 11.2. The van der Waals surface area contributed by atoms with Crippen LogP contribution in [0.15, 0.2) is 24.0 Å². The number of nitrogen functional groups attached to an aromatic ring is 1. The Kier molecular flexibility index (Phi) is 3.28. The number of hydrogen-bond acceptors (Lipinski definition) is 3. The summed E-state index contributed by atoms with van der Waals surface area (Å²) in [7, 11) is 1.47. The summed E-state index contributed by atoms with van der Waals surface area (Å²) in [6.07, 6.45) is 0.858. The smallest absolute Gasteiger partial charge is 0.364 e. The van der Waals surface area contributed by atoms with Crippen LogP contribution in [-0.4, -0.2) is 18.2 Å². The molecular formula is C10H10FNO3. The zero-order valence-electron chi connectivity index (χ0n) is 8.03. The molecule has 0 unspecified atom stereocenters. The van der Waals surface area contributed by atoms with Gasteiger partial charge in [0.25, 0.3) is 0 Å². The van der Waals surface area contributed by atoms with Gasteiger partial charge >= 0.3 is 5.97 Å². The first-order valence-corrected chi connectivity index (χ1v) is 4.08. The molecule has 0 radical (unpaired) electrons. The molecule has 0 aliphatic rings. The Hall–Kier alpha value is -2.04. The Morgan fingerprint density at radius 2 is 2.27 bits per heavy atom. The third-order valence-electron chi connectivity index (χ3n) is 1.78. The number of ether oxygens (including phenoxy) is 1. The molecule has 0 atom stereocenters. The SMILES string of the molecule is COc1ccc(/C=C(\F)C(=O)O)c(N)c1. The first kappa shape index (κ1) is 11.0. The molecular weight excluding hydrogens is 201 g/mol. The number of carboxylic acid groups (broad SMARTS) is 1. The number of aliphatic carboxylic acids is 1. The largest absolute Gasteiger partial charge is 0.497 e. The molecule has 0 bridgehead atoms. The second-order valence-electron chi connectivity index (χ2n) is 2.79. The highest BCUT2D eigenvalue weighted by atomic mass is 19.1. The summed E-state index contributed by atoms with van der Waals surface area (Å²) < 4.78 is 17.6. The number of hydrogen-bond donors (Lipinski definition) is 2. The van der Waals surface area contributed by atoms with E-state index >= 15 is 0 Å². The second kappa shape index (κ2) is 4.45. The van der Waals surface area contributed by atoms with Gasteiger partial charge < -0.3 is 15.6 Å². The zero-order chi connectivity index (χ0) is 11.4. The van der Waals surface area contributed by atoms with Crippen molar-refractivity contribution in [1.29, 1.82) is 0 Å². The number of rotatable bonds is 3. The van der Waals surface area contributed by atoms with E-state index in [4.69, 9.17) is 15.6 Å². The number of anilines is 1. The molecule has 0 saturated heterocycles. The van der Waals surface area contributed by atoms with Crippen LogP contribution in [0.2, 0.25) is 0 Å². The summed E-state index contributed by atoms with van der Waals surface area (Å²) in [5.41, 5.74) is 6.12. The molecule has 0 amide bonds. The summed E-state index contributed by atoms with van der Waals surface area (Å²) in [6.45, 7) is 0. The maximum atomic E-state index is 12.7. The molecule has 0 fully saturated rings. The highest BCUT2D eigenvalue weighted by molar-refractivity contribution is 5.90. The quantitative estimate of drug-likeness (QED) is 0.589. The molecule has 0 aromatic heterocycles. The fraction of sp³-hybridized carbons (Fsp3) is 0.100. The van der Waals surface area contributed by atoms with E-state index in [9.17, 15) is 9.18 Å². The van der Waals surface area contributed by atoms with Crippen molar-refractivity contribution in [3.8, 4) is 5.75 Å². The van der Waals surface area contributed by atoms with E-state index in [1.165, 1.54) is 19.2 Å². The Morgan fingerprint density at radius 1 is 1.60 bits per heavy atom. The first-order chi connectivity index (χ1) is 7.04. The lowest BCUT2D eigenvalue weighted by Crippen LogP contribution is -1.96. The summed E-state index contributed by atoms with van der Waals surface area (Å²) >= 11 is 0. The summed E-state index contributed by atoms with van der Waals surface area (Å²) in [5, 5.41) is 8.33. The van der Waals surface area contributed by atoms with Crippen molar-refractivity contribution in [1.82, 2.24) is 0 Å². The van der Waals surface area contributed by atoms with Crippen molar-refractivity contribution < 1.29 is 19.0 Å². The van der Waals surface area contributed by atoms with Gasteiger partial charge in [0.15, 0.2) is 0 Å². The molecule has 1 rings (SSSR count). The molecule has 1 aromatic rings. The second-order valence-corrected chi connectivity index (χ2v) is 2.79. The van der Waals surface area contributed by atoms with Gasteiger partial charge in [0.1, 0.15) is 5.75 Å². The molecule has 0 aliphatic heterocycles. The highest BCUT2D eigenvalue weighted by Gasteiger charge is 2.07. The molecule has 3 N–H and O–H groups in total. The van der Waals surface area contributed by atoms with Gasteiger partial charge in [-0.1, -0.05) is 0 Å². The summed E-state index contributed by atoms with van der Waals surface area (Å²) in [4.78, 5) is 10.2. The Morgan fingerprint density at radius 3 is 2.73 bits per heavy atom. The maximum Gasteiger partial charge on any atom is 0.364 e. The maximum absolute atomic E-state index is 12.7. The van der Waals surface area contributed by atoms with E-state index in [1.807, 2.05) is 0 Å². The van der Waals surface area contributed by atoms with Gasteiger partial charge in [0.05, 0.1) is 7.11 Å². The molecule has 5 heteroatoms. The fourth-order valence-electron chi connectivity index (χ4n) is 1.01. The number of halogens is 1. The monoisotopic (exact) mass is 211 g/mol. The minimum Gasteiger partial charge on any atom is -0.497 e.